The van der Waals surface area contributed by atoms with E-state index >= 15 is 0 Å². The zero-order valence-corrected chi connectivity index (χ0v) is 13.3. The Morgan fingerprint density at radius 1 is 0.895 bits per heavy atom. The van der Waals surface area contributed by atoms with Gasteiger partial charge in [-0.2, -0.15) is 0 Å². The molecule has 0 saturated carbocycles. The van der Waals surface area contributed by atoms with Crippen LogP contribution >= 0.6 is 15.9 Å². The summed E-state index contributed by atoms with van der Waals surface area (Å²) in [6.07, 6.45) is 0. The van der Waals surface area contributed by atoms with Crippen molar-refractivity contribution in [1.29, 1.82) is 0 Å². The van der Waals surface area contributed by atoms with E-state index in [0.29, 0.717) is 5.75 Å². The molecule has 0 atom stereocenters. The van der Waals surface area contributed by atoms with E-state index in [4.69, 9.17) is 0 Å². The molecule has 3 aromatic carbocycles. The first-order valence-electron chi connectivity index (χ1n) is 5.88. The Labute approximate surface area is 126 Å². The first-order chi connectivity index (χ1) is 9.24. The third kappa shape index (κ3) is 2.69. The van der Waals surface area contributed by atoms with Gasteiger partial charge >= 0.3 is 127 Å². The van der Waals surface area contributed by atoms with Crippen molar-refractivity contribution in [3.63, 3.8) is 0 Å². The molecule has 1 nitrogen and oxygen atoms in total. The Morgan fingerprint density at radius 3 is 2.47 bits per heavy atom. The first-order valence-corrected chi connectivity index (χ1v) is 8.39. The topological polar surface area (TPSA) is 20.2 Å². The van der Waals surface area contributed by atoms with Crippen LogP contribution in [0.1, 0.15) is 0 Å². The average Bonchev–Trinajstić information content (AvgIpc) is 2.43. The summed E-state index contributed by atoms with van der Waals surface area (Å²) in [4.78, 5) is 0. The Kier molecular flexibility index (Phi) is 3.60. The zero-order chi connectivity index (χ0) is 13.2. The van der Waals surface area contributed by atoms with Crippen molar-refractivity contribution in [3.8, 4) is 5.75 Å². The van der Waals surface area contributed by atoms with Crippen molar-refractivity contribution < 1.29 is 5.11 Å². The molecule has 0 heterocycles. The van der Waals surface area contributed by atoms with E-state index < -0.39 is 0 Å². The summed E-state index contributed by atoms with van der Waals surface area (Å²) in [5, 5.41) is 12.4. The molecular weight excluding hydrogens is 367 g/mol. The number of benzene rings is 3. The Morgan fingerprint density at radius 2 is 1.68 bits per heavy atom. The van der Waals surface area contributed by atoms with Crippen LogP contribution in [0.2, 0.25) is 0 Å². The summed E-state index contributed by atoms with van der Waals surface area (Å²) in [6.45, 7) is 0. The fraction of sp³-hybridized carbons (Fsp3) is 0. The predicted molar refractivity (Wildman–Crippen MR) is 84.8 cm³/mol. The minimum atomic E-state index is 0.110. The van der Waals surface area contributed by atoms with E-state index in [1.54, 1.807) is 6.07 Å². The van der Waals surface area contributed by atoms with Crippen molar-refractivity contribution in [2.24, 2.45) is 0 Å². The number of phenolic OH excluding ortho intramolecular Hbond substituents is 1. The second-order valence-electron chi connectivity index (χ2n) is 4.19. The predicted octanol–water partition coefficient (Wildman–Crippen LogP) is 2.96. The molecule has 3 rings (SSSR count). The first kappa shape index (κ1) is 12.7. The molecule has 3 heteroatoms. The van der Waals surface area contributed by atoms with Crippen LogP contribution in [0.5, 0.6) is 5.75 Å². The maximum absolute atomic E-state index is 10.1. The average molecular weight is 378 g/mol. The molecule has 0 unspecified atom stereocenters. The molecule has 0 bridgehead atoms. The molecule has 0 fully saturated rings. The number of hydrogen-bond donors (Lipinski definition) is 1. The van der Waals surface area contributed by atoms with Crippen molar-refractivity contribution >= 4 is 50.6 Å². The van der Waals surface area contributed by atoms with Gasteiger partial charge in [0.2, 0.25) is 0 Å². The number of halogens is 1. The van der Waals surface area contributed by atoms with E-state index in [2.05, 4.69) is 40.2 Å². The molecule has 0 aliphatic heterocycles. The number of aromatic hydroxyl groups is 1. The van der Waals surface area contributed by atoms with Gasteiger partial charge < -0.3 is 0 Å². The fourth-order valence-electron chi connectivity index (χ4n) is 1.97. The van der Waals surface area contributed by atoms with Crippen molar-refractivity contribution in [2.45, 2.75) is 0 Å². The molecule has 3 aromatic rings. The second-order valence-corrected chi connectivity index (χ2v) is 7.38. The number of fused-ring (bicyclic) bond motifs is 1. The molecule has 0 saturated heterocycles. The molecule has 19 heavy (non-hydrogen) atoms. The van der Waals surface area contributed by atoms with Gasteiger partial charge in [0.15, 0.2) is 0 Å². The van der Waals surface area contributed by atoms with Gasteiger partial charge in [0.1, 0.15) is 0 Å². The van der Waals surface area contributed by atoms with Gasteiger partial charge in [-0.05, 0) is 0 Å². The van der Waals surface area contributed by atoms with Crippen LogP contribution in [0.15, 0.2) is 65.1 Å². The van der Waals surface area contributed by atoms with Crippen LogP contribution in [0.25, 0.3) is 10.8 Å². The number of rotatable bonds is 2. The SMILES string of the molecule is Oc1ccc2cc(Br)ccc2c1[Se]c1ccccc1. The van der Waals surface area contributed by atoms with Gasteiger partial charge in [0.25, 0.3) is 0 Å². The van der Waals surface area contributed by atoms with E-state index in [0.717, 1.165) is 19.7 Å². The molecule has 0 spiro atoms. The van der Waals surface area contributed by atoms with E-state index in [1.165, 1.54) is 4.46 Å². The van der Waals surface area contributed by atoms with Crippen molar-refractivity contribution in [2.75, 3.05) is 0 Å². The van der Waals surface area contributed by atoms with Crippen molar-refractivity contribution in [3.05, 3.63) is 65.1 Å². The third-order valence-corrected chi connectivity index (χ3v) is 5.76. The van der Waals surface area contributed by atoms with Crippen LogP contribution in [0, 0.1) is 0 Å². The molecule has 0 aliphatic rings. The molecular formula is C16H11BrOSe. The summed E-state index contributed by atoms with van der Waals surface area (Å²) in [6, 6.07) is 20.2. The molecule has 0 amide bonds. The summed E-state index contributed by atoms with van der Waals surface area (Å²) in [5.41, 5.74) is 0. The maximum atomic E-state index is 10.1. The van der Waals surface area contributed by atoms with Gasteiger partial charge in [-0.3, -0.25) is 0 Å². The monoisotopic (exact) mass is 378 g/mol. The Balaban J connectivity index is 2.14. The van der Waals surface area contributed by atoms with Crippen molar-refractivity contribution in [1.82, 2.24) is 0 Å². The van der Waals surface area contributed by atoms with Crippen LogP contribution in [0.4, 0.5) is 0 Å². The summed E-state index contributed by atoms with van der Waals surface area (Å²) < 4.78 is 3.37. The molecule has 94 valence electrons. The zero-order valence-electron chi connectivity index (χ0n) is 10.0. The third-order valence-electron chi connectivity index (χ3n) is 2.87. The number of hydrogen-bond acceptors (Lipinski definition) is 1. The van der Waals surface area contributed by atoms with Gasteiger partial charge in [-0.15, -0.1) is 0 Å². The summed E-state index contributed by atoms with van der Waals surface area (Å²) in [5.74, 6) is 0.388. The Bertz CT molecular complexity index is 725. The molecule has 0 radical (unpaired) electrons. The molecule has 0 aliphatic carbocycles. The molecule has 1 N–H and O–H groups in total. The van der Waals surface area contributed by atoms with Gasteiger partial charge in [-0.25, -0.2) is 0 Å². The van der Waals surface area contributed by atoms with E-state index in [1.807, 2.05) is 30.3 Å². The summed E-state index contributed by atoms with van der Waals surface area (Å²) >= 11 is 3.59. The van der Waals surface area contributed by atoms with Crippen LogP contribution in [0.3, 0.4) is 0 Å². The number of phenols is 1. The van der Waals surface area contributed by atoms with E-state index in [9.17, 15) is 5.11 Å². The minimum absolute atomic E-state index is 0.110. The van der Waals surface area contributed by atoms with Crippen LogP contribution < -0.4 is 8.92 Å². The summed E-state index contributed by atoms with van der Waals surface area (Å²) in [7, 11) is 0. The van der Waals surface area contributed by atoms with Crippen LogP contribution in [-0.4, -0.2) is 20.1 Å². The molecule has 0 aromatic heterocycles. The van der Waals surface area contributed by atoms with Gasteiger partial charge in [-0.1, -0.05) is 0 Å². The van der Waals surface area contributed by atoms with Gasteiger partial charge in [0.05, 0.1) is 0 Å². The quantitative estimate of drug-likeness (QED) is 0.680. The van der Waals surface area contributed by atoms with Gasteiger partial charge in [0, 0.05) is 0 Å². The van der Waals surface area contributed by atoms with Crippen LogP contribution in [-0.2, 0) is 0 Å². The normalized spacial score (nSPS) is 10.8. The Hall–Kier alpha value is -1.28. The second kappa shape index (κ2) is 5.38. The van der Waals surface area contributed by atoms with E-state index in [-0.39, 0.29) is 15.0 Å². The standard InChI is InChI=1S/C16H11BrOSe/c17-12-7-8-14-11(10-12)6-9-15(18)16(14)19-13-4-2-1-3-5-13/h1-10,18H. The fourth-order valence-corrected chi connectivity index (χ4v) is 4.45.